The molecule has 1 heterocycles. The number of benzene rings is 1. The van der Waals surface area contributed by atoms with Crippen molar-refractivity contribution >= 4 is 7.82 Å². The highest BCUT2D eigenvalue weighted by Gasteiger charge is 2.34. The number of phosphoric acid groups is 1. The van der Waals surface area contributed by atoms with E-state index in [1.54, 1.807) is 24.3 Å². The van der Waals surface area contributed by atoms with Gasteiger partial charge in [0, 0.05) is 0 Å². The van der Waals surface area contributed by atoms with Crippen molar-refractivity contribution in [2.24, 2.45) is 0 Å². The molecule has 2 atom stereocenters. The van der Waals surface area contributed by atoms with E-state index in [2.05, 4.69) is 0 Å². The molecule has 15 heavy (non-hydrogen) atoms. The molecule has 1 aromatic rings. The topological polar surface area (TPSA) is 44.8 Å². The first kappa shape index (κ1) is 10.7. The lowest BCUT2D eigenvalue weighted by Gasteiger charge is -2.26. The highest BCUT2D eigenvalue weighted by atomic mass is 31.2. The average Bonchev–Trinajstić information content (AvgIpc) is 2.18. The summed E-state index contributed by atoms with van der Waals surface area (Å²) in [7, 11) is -3.39. The Balaban J connectivity index is 2.07. The van der Waals surface area contributed by atoms with Gasteiger partial charge in [-0.3, -0.25) is 9.05 Å². The quantitative estimate of drug-likeness (QED) is 0.730. The Labute approximate surface area is 88.8 Å². The molecule has 1 aliphatic heterocycles. The second kappa shape index (κ2) is 4.35. The zero-order valence-electron chi connectivity index (χ0n) is 8.46. The van der Waals surface area contributed by atoms with Crippen LogP contribution < -0.4 is 4.52 Å². The first-order valence-electron chi connectivity index (χ1n) is 4.86. The Morgan fingerprint density at radius 1 is 1.40 bits per heavy atom. The molecule has 5 heteroatoms. The Bertz CT molecular complexity index is 365. The summed E-state index contributed by atoms with van der Waals surface area (Å²) in [6.07, 6.45) is 0.649. The van der Waals surface area contributed by atoms with E-state index in [0.717, 1.165) is 6.42 Å². The van der Waals surface area contributed by atoms with Gasteiger partial charge in [-0.2, -0.15) is 0 Å². The number of hydrogen-bond acceptors (Lipinski definition) is 4. The van der Waals surface area contributed by atoms with Gasteiger partial charge in [-0.15, -0.1) is 0 Å². The molecule has 0 saturated carbocycles. The third kappa shape index (κ3) is 2.81. The number of para-hydroxylation sites is 1. The van der Waals surface area contributed by atoms with Gasteiger partial charge in [0.15, 0.2) is 0 Å². The molecule has 2 rings (SSSR count). The fraction of sp³-hybridized carbons (Fsp3) is 0.400. The molecule has 0 bridgehead atoms. The van der Waals surface area contributed by atoms with Crippen LogP contribution in [0.15, 0.2) is 30.3 Å². The van der Waals surface area contributed by atoms with Crippen molar-refractivity contribution in [2.45, 2.75) is 19.4 Å². The van der Waals surface area contributed by atoms with E-state index in [0.29, 0.717) is 12.4 Å². The summed E-state index contributed by atoms with van der Waals surface area (Å²) in [5, 5.41) is 0. The third-order valence-electron chi connectivity index (χ3n) is 2.04. The van der Waals surface area contributed by atoms with Crippen LogP contribution in [0.3, 0.4) is 0 Å². The second-order valence-electron chi connectivity index (χ2n) is 3.39. The summed E-state index contributed by atoms with van der Waals surface area (Å²) >= 11 is 0. The summed E-state index contributed by atoms with van der Waals surface area (Å²) in [6, 6.07) is 8.88. The molecular weight excluding hydrogens is 215 g/mol. The first-order valence-corrected chi connectivity index (χ1v) is 6.32. The van der Waals surface area contributed by atoms with E-state index in [1.807, 2.05) is 13.0 Å². The van der Waals surface area contributed by atoms with Gasteiger partial charge < -0.3 is 4.52 Å². The predicted octanol–water partition coefficient (Wildman–Crippen LogP) is 3.00. The fourth-order valence-electron chi connectivity index (χ4n) is 1.29. The molecule has 0 amide bonds. The molecule has 4 nitrogen and oxygen atoms in total. The maximum absolute atomic E-state index is 11.9. The zero-order valence-corrected chi connectivity index (χ0v) is 9.35. The van der Waals surface area contributed by atoms with Crippen LogP contribution in [0.4, 0.5) is 0 Å². The summed E-state index contributed by atoms with van der Waals surface area (Å²) in [6.45, 7) is 2.26. The zero-order chi connectivity index (χ0) is 10.7. The lowest BCUT2D eigenvalue weighted by Crippen LogP contribution is -2.19. The monoisotopic (exact) mass is 228 g/mol. The van der Waals surface area contributed by atoms with E-state index in [4.69, 9.17) is 13.6 Å². The Kier molecular flexibility index (Phi) is 3.10. The molecule has 2 unspecified atom stereocenters. The molecule has 0 aliphatic carbocycles. The maximum Gasteiger partial charge on any atom is 0.530 e. The number of hydrogen-bond donors (Lipinski definition) is 0. The van der Waals surface area contributed by atoms with E-state index in [9.17, 15) is 4.57 Å². The Hall–Kier alpha value is -0.830. The summed E-state index contributed by atoms with van der Waals surface area (Å²) < 4.78 is 27.4. The largest absolute Gasteiger partial charge is 0.530 e. The van der Waals surface area contributed by atoms with E-state index in [-0.39, 0.29) is 6.10 Å². The second-order valence-corrected chi connectivity index (χ2v) is 4.94. The van der Waals surface area contributed by atoms with Crippen molar-refractivity contribution in [3.63, 3.8) is 0 Å². The Morgan fingerprint density at radius 3 is 2.80 bits per heavy atom. The predicted molar refractivity (Wildman–Crippen MR) is 55.8 cm³/mol. The molecule has 1 saturated heterocycles. The minimum atomic E-state index is -3.39. The Morgan fingerprint density at radius 2 is 2.13 bits per heavy atom. The van der Waals surface area contributed by atoms with Gasteiger partial charge in [0.2, 0.25) is 0 Å². The van der Waals surface area contributed by atoms with Crippen LogP contribution >= 0.6 is 7.82 Å². The van der Waals surface area contributed by atoms with Crippen LogP contribution in [-0.4, -0.2) is 12.7 Å². The third-order valence-corrected chi connectivity index (χ3v) is 3.59. The summed E-state index contributed by atoms with van der Waals surface area (Å²) in [5.74, 6) is 0.495. The van der Waals surface area contributed by atoms with Crippen molar-refractivity contribution in [2.75, 3.05) is 6.61 Å². The molecule has 1 aromatic carbocycles. The highest BCUT2D eigenvalue weighted by molar-refractivity contribution is 7.49. The molecule has 0 aromatic heterocycles. The van der Waals surface area contributed by atoms with Crippen LogP contribution in [0.1, 0.15) is 13.3 Å². The molecular formula is C10H13O4P. The lowest BCUT2D eigenvalue weighted by atomic mass is 10.3. The van der Waals surface area contributed by atoms with Crippen LogP contribution in [0, 0.1) is 0 Å². The van der Waals surface area contributed by atoms with Crippen molar-refractivity contribution in [3.05, 3.63) is 30.3 Å². The van der Waals surface area contributed by atoms with Gasteiger partial charge in [-0.1, -0.05) is 18.2 Å². The van der Waals surface area contributed by atoms with E-state index < -0.39 is 7.82 Å². The smallest absolute Gasteiger partial charge is 0.404 e. The van der Waals surface area contributed by atoms with Crippen molar-refractivity contribution in [1.29, 1.82) is 0 Å². The van der Waals surface area contributed by atoms with Gasteiger partial charge in [0.25, 0.3) is 0 Å². The van der Waals surface area contributed by atoms with E-state index >= 15 is 0 Å². The summed E-state index contributed by atoms with van der Waals surface area (Å²) in [5.41, 5.74) is 0. The first-order chi connectivity index (χ1) is 7.18. The van der Waals surface area contributed by atoms with Gasteiger partial charge in [0.05, 0.1) is 12.7 Å². The van der Waals surface area contributed by atoms with Gasteiger partial charge in [-0.05, 0) is 25.5 Å². The van der Waals surface area contributed by atoms with Gasteiger partial charge >= 0.3 is 7.82 Å². The lowest BCUT2D eigenvalue weighted by molar-refractivity contribution is 0.0609. The minimum Gasteiger partial charge on any atom is -0.404 e. The standard InChI is InChI=1S/C10H13O4P/c1-9-7-8-12-15(11,13-9)14-10-5-3-2-4-6-10/h2-6,9H,7-8H2,1H3. The van der Waals surface area contributed by atoms with Gasteiger partial charge in [-0.25, -0.2) is 4.57 Å². The van der Waals surface area contributed by atoms with Crippen molar-refractivity contribution in [3.8, 4) is 5.75 Å². The van der Waals surface area contributed by atoms with Crippen molar-refractivity contribution < 1.29 is 18.1 Å². The number of phosphoric ester groups is 1. The minimum absolute atomic E-state index is 0.0895. The molecule has 0 spiro atoms. The van der Waals surface area contributed by atoms with Crippen LogP contribution in [0.25, 0.3) is 0 Å². The molecule has 0 N–H and O–H groups in total. The van der Waals surface area contributed by atoms with Crippen LogP contribution in [-0.2, 0) is 13.6 Å². The maximum atomic E-state index is 11.9. The van der Waals surface area contributed by atoms with Crippen LogP contribution in [0.5, 0.6) is 5.75 Å². The number of rotatable bonds is 2. The fourth-order valence-corrected chi connectivity index (χ4v) is 2.70. The summed E-state index contributed by atoms with van der Waals surface area (Å²) in [4.78, 5) is 0. The molecule has 1 aliphatic rings. The molecule has 1 fully saturated rings. The molecule has 82 valence electrons. The van der Waals surface area contributed by atoms with E-state index in [1.165, 1.54) is 0 Å². The SMILES string of the molecule is CC1CCOP(=O)(Oc2ccccc2)O1. The van der Waals surface area contributed by atoms with Gasteiger partial charge in [0.1, 0.15) is 5.75 Å². The highest BCUT2D eigenvalue weighted by Crippen LogP contribution is 2.53. The average molecular weight is 228 g/mol. The molecule has 0 radical (unpaired) electrons. The van der Waals surface area contributed by atoms with Crippen LogP contribution in [0.2, 0.25) is 0 Å². The normalized spacial score (nSPS) is 31.1. The van der Waals surface area contributed by atoms with Crippen molar-refractivity contribution in [1.82, 2.24) is 0 Å².